The van der Waals surface area contributed by atoms with Crippen LogP contribution in [0.3, 0.4) is 0 Å². The van der Waals surface area contributed by atoms with Gasteiger partial charge in [0, 0.05) is 41.4 Å². The van der Waals surface area contributed by atoms with Gasteiger partial charge in [-0.1, -0.05) is 36.4 Å². The average molecular weight is 329 g/mol. The number of aromatic nitrogens is 2. The monoisotopic (exact) mass is 329 g/mol. The zero-order chi connectivity index (χ0) is 16.8. The van der Waals surface area contributed by atoms with Crippen LogP contribution in [0.4, 0.5) is 0 Å². The molecule has 4 aromatic rings. The van der Waals surface area contributed by atoms with Crippen LogP contribution >= 0.6 is 0 Å². The first-order valence-electron chi connectivity index (χ1n) is 8.69. The summed E-state index contributed by atoms with van der Waals surface area (Å²) in [5.41, 5.74) is 4.65. The molecule has 3 heterocycles. The molecule has 25 heavy (non-hydrogen) atoms. The van der Waals surface area contributed by atoms with Crippen LogP contribution in [0.15, 0.2) is 60.8 Å². The van der Waals surface area contributed by atoms with Crippen LogP contribution in [-0.4, -0.2) is 26.9 Å². The number of aromatic amines is 1. The van der Waals surface area contributed by atoms with Gasteiger partial charge in [-0.25, -0.2) is 0 Å². The van der Waals surface area contributed by atoms with Crippen LogP contribution in [0.2, 0.25) is 0 Å². The number of para-hydroxylation sites is 2. The van der Waals surface area contributed by atoms with Gasteiger partial charge in [0.05, 0.1) is 13.0 Å². The minimum atomic E-state index is 0.196. The molecule has 0 saturated heterocycles. The van der Waals surface area contributed by atoms with Crippen LogP contribution < -0.4 is 0 Å². The van der Waals surface area contributed by atoms with Crippen LogP contribution in [0.1, 0.15) is 11.3 Å². The van der Waals surface area contributed by atoms with Crippen molar-refractivity contribution in [3.63, 3.8) is 0 Å². The highest BCUT2D eigenvalue weighted by molar-refractivity contribution is 5.89. The topological polar surface area (TPSA) is 41.0 Å². The third-order valence-electron chi connectivity index (χ3n) is 5.21. The predicted molar refractivity (Wildman–Crippen MR) is 99.4 cm³/mol. The van der Waals surface area contributed by atoms with Gasteiger partial charge in [-0.2, -0.15) is 0 Å². The molecule has 0 unspecified atom stereocenters. The van der Waals surface area contributed by atoms with Crippen molar-refractivity contribution in [3.8, 4) is 0 Å². The minimum Gasteiger partial charge on any atom is -0.361 e. The van der Waals surface area contributed by atoms with Crippen molar-refractivity contribution in [3.05, 3.63) is 72.1 Å². The number of nitrogens with zero attached hydrogens (tertiary/aromatic N) is 2. The van der Waals surface area contributed by atoms with E-state index in [4.69, 9.17) is 0 Å². The molecule has 0 aliphatic carbocycles. The Balaban J connectivity index is 1.40. The van der Waals surface area contributed by atoms with E-state index < -0.39 is 0 Å². The van der Waals surface area contributed by atoms with Gasteiger partial charge in [-0.3, -0.25) is 4.79 Å². The van der Waals surface area contributed by atoms with E-state index in [2.05, 4.69) is 45.9 Å². The summed E-state index contributed by atoms with van der Waals surface area (Å²) in [6, 6.07) is 18.8. The van der Waals surface area contributed by atoms with E-state index in [-0.39, 0.29) is 5.91 Å². The maximum Gasteiger partial charge on any atom is 0.227 e. The molecule has 1 N–H and O–H groups in total. The van der Waals surface area contributed by atoms with Gasteiger partial charge in [0.1, 0.15) is 0 Å². The van der Waals surface area contributed by atoms with Crippen molar-refractivity contribution in [2.75, 3.05) is 6.54 Å². The fourth-order valence-electron chi connectivity index (χ4n) is 3.92. The molecule has 0 radical (unpaired) electrons. The van der Waals surface area contributed by atoms with Crippen LogP contribution in [-0.2, 0) is 24.3 Å². The Morgan fingerprint density at radius 2 is 1.88 bits per heavy atom. The Hall–Kier alpha value is -3.01. The summed E-state index contributed by atoms with van der Waals surface area (Å²) < 4.78 is 2.34. The lowest BCUT2D eigenvalue weighted by Crippen LogP contribution is -2.38. The van der Waals surface area contributed by atoms with E-state index in [0.717, 1.165) is 29.6 Å². The van der Waals surface area contributed by atoms with E-state index >= 15 is 0 Å². The van der Waals surface area contributed by atoms with Gasteiger partial charge in [-0.05, 0) is 29.1 Å². The molecule has 1 aliphatic heterocycles. The van der Waals surface area contributed by atoms with E-state index in [0.29, 0.717) is 13.0 Å². The zero-order valence-corrected chi connectivity index (χ0v) is 13.9. The highest BCUT2D eigenvalue weighted by Crippen LogP contribution is 2.25. The molecule has 1 amide bonds. The number of rotatable bonds is 2. The summed E-state index contributed by atoms with van der Waals surface area (Å²) >= 11 is 0. The predicted octanol–water partition coefficient (Wildman–Crippen LogP) is 3.71. The standard InChI is InChI=1S/C21H19N3O/c25-21(12-16-13-22-19-7-3-2-6-18(16)19)23-9-10-24-17(14-23)11-15-5-1-4-8-20(15)24/h1-8,11,13,22H,9-10,12,14H2. The third kappa shape index (κ3) is 2.33. The Morgan fingerprint density at radius 3 is 2.84 bits per heavy atom. The number of hydrogen-bond acceptors (Lipinski definition) is 1. The molecule has 0 fully saturated rings. The van der Waals surface area contributed by atoms with Gasteiger partial charge >= 0.3 is 0 Å². The molecule has 124 valence electrons. The number of benzene rings is 2. The maximum atomic E-state index is 12.8. The van der Waals surface area contributed by atoms with Crippen LogP contribution in [0, 0.1) is 0 Å². The Bertz CT molecular complexity index is 1090. The number of fused-ring (bicyclic) bond motifs is 4. The van der Waals surface area contributed by atoms with E-state index in [1.54, 1.807) is 0 Å². The van der Waals surface area contributed by atoms with Gasteiger partial charge in [0.25, 0.3) is 0 Å². The number of amides is 1. The molecular weight excluding hydrogens is 310 g/mol. The molecule has 2 aromatic carbocycles. The van der Waals surface area contributed by atoms with Crippen molar-refractivity contribution in [1.82, 2.24) is 14.5 Å². The highest BCUT2D eigenvalue weighted by atomic mass is 16.2. The van der Waals surface area contributed by atoms with Gasteiger partial charge in [0.2, 0.25) is 5.91 Å². The van der Waals surface area contributed by atoms with Gasteiger partial charge in [0.15, 0.2) is 0 Å². The zero-order valence-electron chi connectivity index (χ0n) is 13.9. The number of nitrogens with one attached hydrogen (secondary N) is 1. The summed E-state index contributed by atoms with van der Waals surface area (Å²) in [6.07, 6.45) is 2.41. The fraction of sp³-hybridized carbons (Fsp3) is 0.190. The van der Waals surface area contributed by atoms with Crippen molar-refractivity contribution < 1.29 is 4.79 Å². The summed E-state index contributed by atoms with van der Waals surface area (Å²) in [5.74, 6) is 0.196. The van der Waals surface area contributed by atoms with Crippen molar-refractivity contribution in [2.45, 2.75) is 19.5 Å². The first kappa shape index (κ1) is 14.3. The molecule has 0 saturated carbocycles. The van der Waals surface area contributed by atoms with E-state index in [9.17, 15) is 4.79 Å². The molecule has 0 atom stereocenters. The fourth-order valence-corrected chi connectivity index (χ4v) is 3.92. The largest absolute Gasteiger partial charge is 0.361 e. The van der Waals surface area contributed by atoms with Gasteiger partial charge in [-0.15, -0.1) is 0 Å². The minimum absolute atomic E-state index is 0.196. The molecule has 0 bridgehead atoms. The molecular formula is C21H19N3O. The molecule has 4 nitrogen and oxygen atoms in total. The lowest BCUT2D eigenvalue weighted by atomic mass is 10.1. The second-order valence-electron chi connectivity index (χ2n) is 6.70. The molecule has 1 aliphatic rings. The van der Waals surface area contributed by atoms with E-state index in [1.165, 1.54) is 16.6 Å². The molecule has 0 spiro atoms. The lowest BCUT2D eigenvalue weighted by Gasteiger charge is -2.29. The number of carbonyl (C=O) groups is 1. The highest BCUT2D eigenvalue weighted by Gasteiger charge is 2.23. The second kappa shape index (κ2) is 5.52. The average Bonchev–Trinajstić information content (AvgIpc) is 3.22. The quantitative estimate of drug-likeness (QED) is 0.598. The van der Waals surface area contributed by atoms with Crippen molar-refractivity contribution in [1.29, 1.82) is 0 Å². The number of hydrogen-bond donors (Lipinski definition) is 1. The van der Waals surface area contributed by atoms with Crippen LogP contribution in [0.25, 0.3) is 21.8 Å². The Labute approximate surface area is 145 Å². The van der Waals surface area contributed by atoms with Crippen LogP contribution in [0.5, 0.6) is 0 Å². The SMILES string of the molecule is O=C(Cc1c[nH]c2ccccc12)N1CCn2c(cc3ccccc32)C1. The smallest absolute Gasteiger partial charge is 0.227 e. The first-order chi connectivity index (χ1) is 12.3. The molecule has 2 aromatic heterocycles. The summed E-state index contributed by atoms with van der Waals surface area (Å²) in [5, 5.41) is 2.39. The lowest BCUT2D eigenvalue weighted by molar-refractivity contribution is -0.131. The summed E-state index contributed by atoms with van der Waals surface area (Å²) in [4.78, 5) is 18.1. The summed E-state index contributed by atoms with van der Waals surface area (Å²) in [6.45, 7) is 2.32. The molecule has 5 rings (SSSR count). The third-order valence-corrected chi connectivity index (χ3v) is 5.21. The normalized spacial score (nSPS) is 14.2. The Morgan fingerprint density at radius 1 is 1.04 bits per heavy atom. The van der Waals surface area contributed by atoms with Gasteiger partial charge < -0.3 is 14.5 Å². The Kier molecular flexibility index (Phi) is 3.17. The first-order valence-corrected chi connectivity index (χ1v) is 8.69. The maximum absolute atomic E-state index is 12.8. The van der Waals surface area contributed by atoms with Crippen molar-refractivity contribution >= 4 is 27.7 Å². The second-order valence-corrected chi connectivity index (χ2v) is 6.70. The van der Waals surface area contributed by atoms with Crippen molar-refractivity contribution in [2.24, 2.45) is 0 Å². The summed E-state index contributed by atoms with van der Waals surface area (Å²) in [7, 11) is 0. The molecule has 4 heteroatoms. The van der Waals surface area contributed by atoms with E-state index in [1.807, 2.05) is 29.3 Å². The number of carbonyl (C=O) groups excluding carboxylic acids is 1. The number of H-pyrrole nitrogens is 1.